The summed E-state index contributed by atoms with van der Waals surface area (Å²) in [5.41, 5.74) is 3.59. The highest BCUT2D eigenvalue weighted by Gasteiger charge is 2.02. The van der Waals surface area contributed by atoms with Gasteiger partial charge in [0, 0.05) is 19.8 Å². The molecule has 0 aliphatic carbocycles. The van der Waals surface area contributed by atoms with Crippen molar-refractivity contribution in [2.75, 3.05) is 0 Å². The lowest BCUT2D eigenvalue weighted by Gasteiger charge is -2.02. The second-order valence-corrected chi connectivity index (χ2v) is 6.72. The average molecular weight is 439 g/mol. The molecule has 2 nitrogen and oxygen atoms in total. The molecule has 0 radical (unpaired) electrons. The van der Waals surface area contributed by atoms with Crippen LogP contribution in [0.2, 0.25) is 0 Å². The van der Waals surface area contributed by atoms with E-state index in [-0.39, 0.29) is 0 Å². The van der Waals surface area contributed by atoms with E-state index in [2.05, 4.69) is 98.3 Å². The zero-order chi connectivity index (χ0) is 13.9. The second kappa shape index (κ2) is 6.10. The molecule has 0 N–H and O–H groups in total. The Kier molecular flexibility index (Phi) is 4.21. The summed E-state index contributed by atoms with van der Waals surface area (Å²) in [5.74, 6) is 0. The Morgan fingerprint density at radius 2 is 1.65 bits per heavy atom. The van der Waals surface area contributed by atoms with Crippen molar-refractivity contribution in [2.24, 2.45) is 0 Å². The fourth-order valence-corrected chi connectivity index (χ4v) is 2.64. The molecule has 100 valence electrons. The van der Waals surface area contributed by atoms with Gasteiger partial charge < -0.3 is 0 Å². The fraction of sp³-hybridized carbons (Fsp3) is 0.0625. The molecule has 0 spiro atoms. The third-order valence-electron chi connectivity index (χ3n) is 3.07. The molecule has 0 unspecified atom stereocenters. The van der Waals surface area contributed by atoms with Crippen molar-refractivity contribution < 1.29 is 0 Å². The standard InChI is InChI=1S/C16H12BrIN2/c17-15-5-1-12(2-6-15)10-20-11-14(9-19-20)13-3-7-16(18)8-4-13/h1-9,11H,10H2. The first-order valence-corrected chi connectivity index (χ1v) is 8.11. The van der Waals surface area contributed by atoms with Crippen LogP contribution >= 0.6 is 38.5 Å². The second-order valence-electron chi connectivity index (χ2n) is 4.56. The minimum Gasteiger partial charge on any atom is -0.268 e. The van der Waals surface area contributed by atoms with Crippen LogP contribution in [0.5, 0.6) is 0 Å². The molecular weight excluding hydrogens is 427 g/mol. The van der Waals surface area contributed by atoms with Gasteiger partial charge in [0.25, 0.3) is 0 Å². The Labute approximate surface area is 140 Å². The first-order valence-electron chi connectivity index (χ1n) is 6.23. The van der Waals surface area contributed by atoms with Crippen molar-refractivity contribution in [3.05, 3.63) is 74.5 Å². The molecule has 0 amide bonds. The third kappa shape index (κ3) is 3.30. The van der Waals surface area contributed by atoms with Gasteiger partial charge in [-0.25, -0.2) is 0 Å². The van der Waals surface area contributed by atoms with Crippen molar-refractivity contribution >= 4 is 38.5 Å². The van der Waals surface area contributed by atoms with Crippen LogP contribution in [0.15, 0.2) is 65.4 Å². The summed E-state index contributed by atoms with van der Waals surface area (Å²) >= 11 is 5.76. The highest BCUT2D eigenvalue weighted by molar-refractivity contribution is 14.1. The van der Waals surface area contributed by atoms with E-state index in [9.17, 15) is 0 Å². The molecular formula is C16H12BrIN2. The Balaban J connectivity index is 1.80. The number of hydrogen-bond donors (Lipinski definition) is 0. The molecule has 0 saturated heterocycles. The average Bonchev–Trinajstić information content (AvgIpc) is 2.91. The zero-order valence-corrected chi connectivity index (χ0v) is 14.4. The summed E-state index contributed by atoms with van der Waals surface area (Å²) < 4.78 is 4.31. The summed E-state index contributed by atoms with van der Waals surface area (Å²) in [6.07, 6.45) is 4.01. The summed E-state index contributed by atoms with van der Waals surface area (Å²) in [6.45, 7) is 0.789. The summed E-state index contributed by atoms with van der Waals surface area (Å²) in [4.78, 5) is 0. The van der Waals surface area contributed by atoms with E-state index in [0.717, 1.165) is 16.6 Å². The summed E-state index contributed by atoms with van der Waals surface area (Å²) in [6, 6.07) is 16.8. The molecule has 3 aromatic rings. The maximum atomic E-state index is 4.44. The normalized spacial score (nSPS) is 10.7. The molecule has 0 atom stereocenters. The van der Waals surface area contributed by atoms with Crippen molar-refractivity contribution in [1.82, 2.24) is 9.78 Å². The monoisotopic (exact) mass is 438 g/mol. The van der Waals surface area contributed by atoms with Crippen LogP contribution in [0.25, 0.3) is 11.1 Å². The van der Waals surface area contributed by atoms with Gasteiger partial charge in [0.2, 0.25) is 0 Å². The molecule has 1 heterocycles. The number of nitrogens with zero attached hydrogens (tertiary/aromatic N) is 2. The number of rotatable bonds is 3. The predicted octanol–water partition coefficient (Wildman–Crippen LogP) is 4.97. The van der Waals surface area contributed by atoms with Crippen molar-refractivity contribution in [3.8, 4) is 11.1 Å². The quantitative estimate of drug-likeness (QED) is 0.528. The number of benzene rings is 2. The van der Waals surface area contributed by atoms with Crippen LogP contribution in [0.3, 0.4) is 0 Å². The van der Waals surface area contributed by atoms with Crippen molar-refractivity contribution in [3.63, 3.8) is 0 Å². The van der Waals surface area contributed by atoms with E-state index in [0.29, 0.717) is 0 Å². The number of aromatic nitrogens is 2. The Morgan fingerprint density at radius 3 is 2.35 bits per heavy atom. The lowest BCUT2D eigenvalue weighted by Crippen LogP contribution is -1.99. The molecule has 0 aliphatic rings. The van der Waals surface area contributed by atoms with E-state index in [1.807, 2.05) is 10.9 Å². The highest BCUT2D eigenvalue weighted by atomic mass is 127. The lowest BCUT2D eigenvalue weighted by molar-refractivity contribution is 0.687. The van der Waals surface area contributed by atoms with E-state index in [1.165, 1.54) is 14.7 Å². The largest absolute Gasteiger partial charge is 0.268 e. The van der Waals surface area contributed by atoms with Gasteiger partial charge in [-0.3, -0.25) is 4.68 Å². The molecule has 4 heteroatoms. The first-order chi connectivity index (χ1) is 9.70. The SMILES string of the molecule is Brc1ccc(Cn2cc(-c3ccc(I)cc3)cn2)cc1. The highest BCUT2D eigenvalue weighted by Crippen LogP contribution is 2.20. The lowest BCUT2D eigenvalue weighted by atomic mass is 10.1. The molecule has 20 heavy (non-hydrogen) atoms. The van der Waals surface area contributed by atoms with Crippen LogP contribution in [0, 0.1) is 3.57 Å². The minimum atomic E-state index is 0.789. The van der Waals surface area contributed by atoms with Gasteiger partial charge in [-0.2, -0.15) is 5.10 Å². The molecule has 2 aromatic carbocycles. The zero-order valence-electron chi connectivity index (χ0n) is 10.6. The summed E-state index contributed by atoms with van der Waals surface area (Å²) in [7, 11) is 0. The molecule has 0 aliphatic heterocycles. The van der Waals surface area contributed by atoms with Gasteiger partial charge >= 0.3 is 0 Å². The number of halogens is 2. The van der Waals surface area contributed by atoms with Gasteiger partial charge in [0.1, 0.15) is 0 Å². The maximum absolute atomic E-state index is 4.44. The maximum Gasteiger partial charge on any atom is 0.0659 e. The molecule has 0 fully saturated rings. The smallest absolute Gasteiger partial charge is 0.0659 e. The first kappa shape index (κ1) is 13.8. The Bertz CT molecular complexity index is 702. The molecule has 0 bridgehead atoms. The fourth-order valence-electron chi connectivity index (χ4n) is 2.02. The Morgan fingerprint density at radius 1 is 0.950 bits per heavy atom. The topological polar surface area (TPSA) is 17.8 Å². The van der Waals surface area contributed by atoms with E-state index in [4.69, 9.17) is 0 Å². The van der Waals surface area contributed by atoms with Crippen molar-refractivity contribution in [2.45, 2.75) is 6.54 Å². The van der Waals surface area contributed by atoms with Gasteiger partial charge in [0.05, 0.1) is 12.7 Å². The van der Waals surface area contributed by atoms with Crippen LogP contribution in [0.1, 0.15) is 5.56 Å². The van der Waals surface area contributed by atoms with Crippen LogP contribution in [0.4, 0.5) is 0 Å². The van der Waals surface area contributed by atoms with Crippen LogP contribution in [-0.4, -0.2) is 9.78 Å². The minimum absolute atomic E-state index is 0.789. The van der Waals surface area contributed by atoms with Crippen LogP contribution in [-0.2, 0) is 6.54 Å². The van der Waals surface area contributed by atoms with Crippen molar-refractivity contribution in [1.29, 1.82) is 0 Å². The Hall–Kier alpha value is -1.14. The molecule has 1 aromatic heterocycles. The molecule has 0 saturated carbocycles. The van der Waals surface area contributed by atoms with E-state index in [1.54, 1.807) is 0 Å². The molecule has 3 rings (SSSR count). The van der Waals surface area contributed by atoms with Gasteiger partial charge in [-0.15, -0.1) is 0 Å². The van der Waals surface area contributed by atoms with Gasteiger partial charge in [0.15, 0.2) is 0 Å². The number of hydrogen-bond acceptors (Lipinski definition) is 1. The van der Waals surface area contributed by atoms with Gasteiger partial charge in [-0.1, -0.05) is 40.2 Å². The van der Waals surface area contributed by atoms with E-state index >= 15 is 0 Å². The van der Waals surface area contributed by atoms with Gasteiger partial charge in [-0.05, 0) is 58.0 Å². The predicted molar refractivity (Wildman–Crippen MR) is 93.6 cm³/mol. The summed E-state index contributed by atoms with van der Waals surface area (Å²) in [5, 5.41) is 4.44. The van der Waals surface area contributed by atoms with E-state index < -0.39 is 0 Å². The third-order valence-corrected chi connectivity index (χ3v) is 4.32. The van der Waals surface area contributed by atoms with Crippen LogP contribution < -0.4 is 0 Å².